The van der Waals surface area contributed by atoms with Gasteiger partial charge in [-0.05, 0) is 55.0 Å². The van der Waals surface area contributed by atoms with E-state index in [-0.39, 0.29) is 23.3 Å². The summed E-state index contributed by atoms with van der Waals surface area (Å²) in [7, 11) is 1.62. The fourth-order valence-electron chi connectivity index (χ4n) is 5.24. The molecule has 1 atom stereocenters. The highest BCUT2D eigenvalue weighted by Gasteiger charge is 2.48. The number of hydrogen-bond donors (Lipinski definition) is 1. The minimum absolute atomic E-state index is 0.00750. The standard InChI is InChI=1S/C28H33NO4/c1-17(2)22-16-20(13-14-23(22)33-4)26(30)24-25(19-10-8-9-18(3)15-19)29(28(32)27(24)31)21-11-6-5-7-12-21/h8-10,13-17,21,25,30H,5-7,11-12H2,1-4H3/b26-24-. The molecular weight excluding hydrogens is 414 g/mol. The number of aliphatic hydroxyl groups is 1. The van der Waals surface area contributed by atoms with Gasteiger partial charge in [0.2, 0.25) is 0 Å². The van der Waals surface area contributed by atoms with Crippen LogP contribution in [0.2, 0.25) is 0 Å². The van der Waals surface area contributed by atoms with Crippen LogP contribution in [0.3, 0.4) is 0 Å². The fourth-order valence-corrected chi connectivity index (χ4v) is 5.24. The van der Waals surface area contributed by atoms with Crippen molar-refractivity contribution in [1.82, 2.24) is 4.90 Å². The van der Waals surface area contributed by atoms with Crippen LogP contribution in [-0.2, 0) is 9.59 Å². The monoisotopic (exact) mass is 447 g/mol. The molecule has 1 N–H and O–H groups in total. The molecule has 1 saturated carbocycles. The van der Waals surface area contributed by atoms with E-state index >= 15 is 0 Å². The number of Topliss-reactive ketones (excluding diaryl/α,β-unsaturated/α-hetero) is 1. The number of rotatable bonds is 5. The summed E-state index contributed by atoms with van der Waals surface area (Å²) in [6, 6.07) is 12.7. The summed E-state index contributed by atoms with van der Waals surface area (Å²) in [6.45, 7) is 6.10. The zero-order chi connectivity index (χ0) is 23.7. The molecule has 174 valence electrons. The van der Waals surface area contributed by atoms with E-state index in [1.54, 1.807) is 18.1 Å². The highest BCUT2D eigenvalue weighted by molar-refractivity contribution is 6.46. The number of benzene rings is 2. The normalized spacial score (nSPS) is 21.1. The number of amides is 1. The molecule has 33 heavy (non-hydrogen) atoms. The summed E-state index contributed by atoms with van der Waals surface area (Å²) in [5.41, 5.74) is 3.55. The summed E-state index contributed by atoms with van der Waals surface area (Å²) in [4.78, 5) is 28.4. The molecule has 0 aromatic heterocycles. The van der Waals surface area contributed by atoms with E-state index in [9.17, 15) is 14.7 Å². The zero-order valence-electron chi connectivity index (χ0n) is 19.9. The number of carbonyl (C=O) groups is 2. The van der Waals surface area contributed by atoms with Gasteiger partial charge in [-0.3, -0.25) is 9.59 Å². The van der Waals surface area contributed by atoms with Crippen molar-refractivity contribution in [3.05, 3.63) is 70.3 Å². The van der Waals surface area contributed by atoms with Crippen molar-refractivity contribution in [3.63, 3.8) is 0 Å². The van der Waals surface area contributed by atoms with Gasteiger partial charge in [-0.1, -0.05) is 62.9 Å². The Bertz CT molecular complexity index is 1090. The molecule has 1 heterocycles. The minimum Gasteiger partial charge on any atom is -0.507 e. The van der Waals surface area contributed by atoms with Gasteiger partial charge in [-0.15, -0.1) is 0 Å². The second-order valence-electron chi connectivity index (χ2n) is 9.52. The quantitative estimate of drug-likeness (QED) is 0.353. The number of aliphatic hydroxyl groups excluding tert-OH is 1. The molecule has 1 aliphatic heterocycles. The number of methoxy groups -OCH3 is 1. The fraction of sp³-hybridized carbons (Fsp3) is 0.429. The highest BCUT2D eigenvalue weighted by Crippen LogP contribution is 2.43. The third-order valence-electron chi connectivity index (χ3n) is 6.93. The molecule has 5 nitrogen and oxygen atoms in total. The van der Waals surface area contributed by atoms with Crippen molar-refractivity contribution in [2.45, 2.75) is 70.9 Å². The van der Waals surface area contributed by atoms with E-state index in [0.29, 0.717) is 5.56 Å². The Kier molecular flexibility index (Phi) is 6.59. The van der Waals surface area contributed by atoms with Gasteiger partial charge in [-0.2, -0.15) is 0 Å². The van der Waals surface area contributed by atoms with Crippen molar-refractivity contribution in [3.8, 4) is 5.75 Å². The highest BCUT2D eigenvalue weighted by atomic mass is 16.5. The van der Waals surface area contributed by atoms with Gasteiger partial charge in [0.25, 0.3) is 11.7 Å². The molecular formula is C28H33NO4. The van der Waals surface area contributed by atoms with Crippen LogP contribution in [0.4, 0.5) is 0 Å². The van der Waals surface area contributed by atoms with Crippen molar-refractivity contribution >= 4 is 17.4 Å². The van der Waals surface area contributed by atoms with Crippen molar-refractivity contribution in [1.29, 1.82) is 0 Å². The predicted molar refractivity (Wildman–Crippen MR) is 129 cm³/mol. The van der Waals surface area contributed by atoms with Crippen LogP contribution in [-0.4, -0.2) is 34.8 Å². The molecule has 1 amide bonds. The Balaban J connectivity index is 1.89. The van der Waals surface area contributed by atoms with Crippen LogP contribution >= 0.6 is 0 Å². The van der Waals surface area contributed by atoms with E-state index in [2.05, 4.69) is 13.8 Å². The lowest BCUT2D eigenvalue weighted by atomic mass is 9.90. The van der Waals surface area contributed by atoms with E-state index in [4.69, 9.17) is 4.74 Å². The Morgan fingerprint density at radius 1 is 1.06 bits per heavy atom. The lowest BCUT2D eigenvalue weighted by Gasteiger charge is -2.35. The number of aryl methyl sites for hydroxylation is 1. The summed E-state index contributed by atoms with van der Waals surface area (Å²) < 4.78 is 5.48. The number of ketones is 1. The smallest absolute Gasteiger partial charge is 0.295 e. The third-order valence-corrected chi connectivity index (χ3v) is 6.93. The van der Waals surface area contributed by atoms with Gasteiger partial charge in [0.15, 0.2) is 0 Å². The minimum atomic E-state index is -0.605. The molecule has 1 unspecified atom stereocenters. The van der Waals surface area contributed by atoms with E-state index in [1.807, 2.05) is 43.3 Å². The first-order valence-electron chi connectivity index (χ1n) is 11.9. The Labute approximate surface area is 196 Å². The largest absolute Gasteiger partial charge is 0.507 e. The van der Waals surface area contributed by atoms with E-state index in [0.717, 1.165) is 54.5 Å². The maximum Gasteiger partial charge on any atom is 0.295 e. The molecule has 2 aromatic rings. The van der Waals surface area contributed by atoms with Gasteiger partial charge < -0.3 is 14.7 Å². The van der Waals surface area contributed by atoms with E-state index < -0.39 is 17.7 Å². The first-order chi connectivity index (χ1) is 15.8. The number of likely N-dealkylation sites (tertiary alicyclic amines) is 1. The SMILES string of the molecule is COc1ccc(/C(O)=C2/C(=O)C(=O)N(C3CCCCC3)C2c2cccc(C)c2)cc1C(C)C. The number of ether oxygens (including phenoxy) is 1. The average molecular weight is 448 g/mol. The third kappa shape index (κ3) is 4.29. The summed E-state index contributed by atoms with van der Waals surface area (Å²) in [5.74, 6) is -0.328. The predicted octanol–water partition coefficient (Wildman–Crippen LogP) is 5.88. The molecule has 1 saturated heterocycles. The van der Waals surface area contributed by atoms with Crippen molar-refractivity contribution < 1.29 is 19.4 Å². The summed E-state index contributed by atoms with van der Waals surface area (Å²) in [6.07, 6.45) is 5.01. The van der Waals surface area contributed by atoms with Crippen LogP contribution < -0.4 is 4.74 Å². The van der Waals surface area contributed by atoms with Gasteiger partial charge >= 0.3 is 0 Å². The topological polar surface area (TPSA) is 66.8 Å². The molecule has 0 spiro atoms. The second-order valence-corrected chi connectivity index (χ2v) is 9.52. The molecule has 1 aliphatic carbocycles. The Hall–Kier alpha value is -3.08. The van der Waals surface area contributed by atoms with Crippen LogP contribution in [0.25, 0.3) is 5.76 Å². The number of hydrogen-bond acceptors (Lipinski definition) is 4. The van der Waals surface area contributed by atoms with Gasteiger partial charge in [0, 0.05) is 11.6 Å². The van der Waals surface area contributed by atoms with Gasteiger partial charge in [-0.25, -0.2) is 0 Å². The van der Waals surface area contributed by atoms with E-state index in [1.165, 1.54) is 0 Å². The summed E-state index contributed by atoms with van der Waals surface area (Å²) in [5, 5.41) is 11.4. The molecule has 2 fully saturated rings. The lowest BCUT2D eigenvalue weighted by Crippen LogP contribution is -2.40. The van der Waals surface area contributed by atoms with Gasteiger partial charge in [0.05, 0.1) is 18.7 Å². The molecule has 5 heteroatoms. The molecule has 2 aliphatic rings. The van der Waals surface area contributed by atoms with Gasteiger partial charge in [0.1, 0.15) is 11.5 Å². The first-order valence-corrected chi connectivity index (χ1v) is 11.9. The summed E-state index contributed by atoms with van der Waals surface area (Å²) >= 11 is 0. The maximum atomic E-state index is 13.3. The Morgan fingerprint density at radius 2 is 1.79 bits per heavy atom. The number of carbonyl (C=O) groups excluding carboxylic acids is 2. The lowest BCUT2D eigenvalue weighted by molar-refractivity contribution is -0.141. The molecule has 4 rings (SSSR count). The average Bonchev–Trinajstić information content (AvgIpc) is 3.09. The molecule has 0 radical (unpaired) electrons. The number of nitrogens with zero attached hydrogens (tertiary/aromatic N) is 1. The van der Waals surface area contributed by atoms with Crippen LogP contribution in [0, 0.1) is 6.92 Å². The maximum absolute atomic E-state index is 13.3. The van der Waals surface area contributed by atoms with Crippen LogP contribution in [0.5, 0.6) is 5.75 Å². The Morgan fingerprint density at radius 3 is 2.42 bits per heavy atom. The van der Waals surface area contributed by atoms with Crippen molar-refractivity contribution in [2.24, 2.45) is 0 Å². The zero-order valence-corrected chi connectivity index (χ0v) is 19.9. The first kappa shape index (κ1) is 23.1. The van der Waals surface area contributed by atoms with Crippen molar-refractivity contribution in [2.75, 3.05) is 7.11 Å². The van der Waals surface area contributed by atoms with Crippen LogP contribution in [0.1, 0.15) is 80.2 Å². The molecule has 2 aromatic carbocycles. The second kappa shape index (κ2) is 9.42. The van der Waals surface area contributed by atoms with Crippen LogP contribution in [0.15, 0.2) is 48.0 Å². The molecule has 0 bridgehead atoms.